The zero-order valence-electron chi connectivity index (χ0n) is 10.3. The van der Waals surface area contributed by atoms with Crippen molar-refractivity contribution in [1.29, 1.82) is 0 Å². The number of carbonyl (C=O) groups excluding carboxylic acids is 1. The summed E-state index contributed by atoms with van der Waals surface area (Å²) in [5.41, 5.74) is 0.519. The maximum atomic E-state index is 11.2. The zero-order chi connectivity index (χ0) is 12.7. The summed E-state index contributed by atoms with van der Waals surface area (Å²) < 4.78 is 10.3. The summed E-state index contributed by atoms with van der Waals surface area (Å²) in [6.07, 6.45) is 3.78. The molecule has 1 aromatic carbocycles. The van der Waals surface area contributed by atoms with Crippen molar-refractivity contribution in [2.45, 2.75) is 25.9 Å². The van der Waals surface area contributed by atoms with Crippen molar-refractivity contribution < 1.29 is 14.3 Å². The number of hydrogen-bond donors (Lipinski definition) is 0. The average Bonchev–Trinajstić information content (AvgIpc) is 2.38. The fourth-order valence-corrected chi connectivity index (χ4v) is 1.47. The van der Waals surface area contributed by atoms with Gasteiger partial charge < -0.3 is 9.47 Å². The van der Waals surface area contributed by atoms with E-state index in [-0.39, 0.29) is 12.1 Å². The van der Waals surface area contributed by atoms with Crippen molar-refractivity contribution in [3.8, 4) is 5.75 Å². The van der Waals surface area contributed by atoms with Gasteiger partial charge in [0.25, 0.3) is 0 Å². The van der Waals surface area contributed by atoms with Crippen LogP contribution in [0.25, 0.3) is 0 Å². The lowest BCUT2D eigenvalue weighted by molar-refractivity contribution is 0.0600. The molecule has 0 amide bonds. The van der Waals surface area contributed by atoms with E-state index in [0.29, 0.717) is 5.56 Å². The lowest BCUT2D eigenvalue weighted by Crippen LogP contribution is -2.12. The first-order chi connectivity index (χ1) is 8.21. The molecule has 1 rings (SSSR count). The minimum atomic E-state index is -0.342. The van der Waals surface area contributed by atoms with E-state index in [2.05, 4.69) is 18.2 Å². The van der Waals surface area contributed by atoms with Gasteiger partial charge in [0.05, 0.1) is 12.7 Å². The number of rotatable bonds is 6. The number of benzene rings is 1. The Hall–Kier alpha value is -1.77. The maximum Gasteiger partial charge on any atom is 0.337 e. The predicted molar refractivity (Wildman–Crippen MR) is 67.3 cm³/mol. The van der Waals surface area contributed by atoms with E-state index in [4.69, 9.17) is 4.74 Å². The summed E-state index contributed by atoms with van der Waals surface area (Å²) in [5.74, 6) is 0.390. The molecule has 3 heteroatoms. The number of methoxy groups -OCH3 is 1. The summed E-state index contributed by atoms with van der Waals surface area (Å²) >= 11 is 0. The van der Waals surface area contributed by atoms with Gasteiger partial charge in [-0.05, 0) is 30.7 Å². The molecule has 0 N–H and O–H groups in total. The van der Waals surface area contributed by atoms with Crippen LogP contribution in [0.2, 0.25) is 0 Å². The molecular weight excluding hydrogens is 216 g/mol. The van der Waals surface area contributed by atoms with Crippen molar-refractivity contribution in [2.75, 3.05) is 7.11 Å². The third-order valence-electron chi connectivity index (χ3n) is 2.40. The van der Waals surface area contributed by atoms with Crippen LogP contribution in [-0.4, -0.2) is 19.2 Å². The van der Waals surface area contributed by atoms with Crippen LogP contribution in [0.5, 0.6) is 5.75 Å². The smallest absolute Gasteiger partial charge is 0.337 e. The van der Waals surface area contributed by atoms with Gasteiger partial charge in [-0.2, -0.15) is 0 Å². The van der Waals surface area contributed by atoms with Crippen molar-refractivity contribution in [3.05, 3.63) is 42.5 Å². The van der Waals surface area contributed by atoms with E-state index in [1.807, 2.05) is 0 Å². The highest BCUT2D eigenvalue weighted by molar-refractivity contribution is 5.89. The average molecular weight is 234 g/mol. The topological polar surface area (TPSA) is 35.5 Å². The van der Waals surface area contributed by atoms with Gasteiger partial charge in [0.2, 0.25) is 0 Å². The molecule has 0 unspecified atom stereocenters. The van der Waals surface area contributed by atoms with Crippen LogP contribution in [0, 0.1) is 0 Å². The Morgan fingerprint density at radius 3 is 2.53 bits per heavy atom. The Labute approximate surface area is 102 Å². The van der Waals surface area contributed by atoms with Gasteiger partial charge in [0, 0.05) is 0 Å². The summed E-state index contributed by atoms with van der Waals surface area (Å²) in [6, 6.07) is 6.90. The van der Waals surface area contributed by atoms with Gasteiger partial charge in [-0.3, -0.25) is 0 Å². The molecule has 92 valence electrons. The molecule has 17 heavy (non-hydrogen) atoms. The summed E-state index contributed by atoms with van der Waals surface area (Å²) in [4.78, 5) is 11.2. The van der Waals surface area contributed by atoms with Gasteiger partial charge in [0.15, 0.2) is 0 Å². The van der Waals surface area contributed by atoms with Crippen LogP contribution in [0.1, 0.15) is 30.1 Å². The first-order valence-electron chi connectivity index (χ1n) is 5.68. The predicted octanol–water partition coefficient (Wildman–Crippen LogP) is 3.21. The third kappa shape index (κ3) is 3.94. The van der Waals surface area contributed by atoms with Crippen molar-refractivity contribution in [3.63, 3.8) is 0 Å². The van der Waals surface area contributed by atoms with Crippen molar-refractivity contribution in [1.82, 2.24) is 0 Å². The SMILES string of the molecule is C=C[C@H](CCC)Oc1ccc(C(=O)OC)cc1. The van der Waals surface area contributed by atoms with Crippen LogP contribution in [0.15, 0.2) is 36.9 Å². The molecule has 3 nitrogen and oxygen atoms in total. The molecule has 0 aliphatic carbocycles. The summed E-state index contributed by atoms with van der Waals surface area (Å²) in [5, 5.41) is 0. The van der Waals surface area contributed by atoms with E-state index in [9.17, 15) is 4.79 Å². The minimum absolute atomic E-state index is 0.0176. The molecular formula is C14H18O3. The van der Waals surface area contributed by atoms with E-state index in [0.717, 1.165) is 18.6 Å². The largest absolute Gasteiger partial charge is 0.486 e. The number of ether oxygens (including phenoxy) is 2. The van der Waals surface area contributed by atoms with Crippen molar-refractivity contribution >= 4 is 5.97 Å². The number of esters is 1. The second-order valence-corrected chi connectivity index (χ2v) is 3.70. The second kappa shape index (κ2) is 6.74. The first kappa shape index (κ1) is 13.3. The van der Waals surface area contributed by atoms with Gasteiger partial charge >= 0.3 is 5.97 Å². The molecule has 0 heterocycles. The molecule has 0 spiro atoms. The fourth-order valence-electron chi connectivity index (χ4n) is 1.47. The molecule has 0 aliphatic rings. The van der Waals surface area contributed by atoms with Crippen LogP contribution in [0.3, 0.4) is 0 Å². The molecule has 0 radical (unpaired) electrons. The van der Waals surface area contributed by atoms with Crippen LogP contribution in [0.4, 0.5) is 0 Å². The molecule has 0 aliphatic heterocycles. The van der Waals surface area contributed by atoms with Crippen LogP contribution >= 0.6 is 0 Å². The van der Waals surface area contributed by atoms with Crippen LogP contribution in [-0.2, 0) is 4.74 Å². The first-order valence-corrected chi connectivity index (χ1v) is 5.68. The molecule has 0 fully saturated rings. The van der Waals surface area contributed by atoms with E-state index < -0.39 is 0 Å². The van der Waals surface area contributed by atoms with Crippen molar-refractivity contribution in [2.24, 2.45) is 0 Å². The fraction of sp³-hybridized carbons (Fsp3) is 0.357. The standard InChI is InChI=1S/C14H18O3/c1-4-6-12(5-2)17-13-9-7-11(8-10-13)14(15)16-3/h5,7-10,12H,2,4,6H2,1,3H3/t12-/m1/s1. The lowest BCUT2D eigenvalue weighted by Gasteiger charge is -2.14. The zero-order valence-corrected chi connectivity index (χ0v) is 10.3. The van der Waals surface area contributed by atoms with E-state index in [1.54, 1.807) is 30.3 Å². The highest BCUT2D eigenvalue weighted by Crippen LogP contribution is 2.16. The Morgan fingerprint density at radius 2 is 2.06 bits per heavy atom. The Balaban J connectivity index is 2.67. The molecule has 0 saturated carbocycles. The van der Waals surface area contributed by atoms with Gasteiger partial charge in [-0.25, -0.2) is 4.79 Å². The molecule has 0 aromatic heterocycles. The Morgan fingerprint density at radius 1 is 1.41 bits per heavy atom. The van der Waals surface area contributed by atoms with E-state index >= 15 is 0 Å². The number of carbonyl (C=O) groups is 1. The normalized spacial score (nSPS) is 11.6. The highest BCUT2D eigenvalue weighted by Gasteiger charge is 2.07. The van der Waals surface area contributed by atoms with Crippen LogP contribution < -0.4 is 4.74 Å². The molecule has 1 atom stereocenters. The molecule has 0 saturated heterocycles. The highest BCUT2D eigenvalue weighted by atomic mass is 16.5. The lowest BCUT2D eigenvalue weighted by atomic mass is 10.2. The molecule has 1 aromatic rings. The third-order valence-corrected chi connectivity index (χ3v) is 2.40. The minimum Gasteiger partial charge on any atom is -0.486 e. The monoisotopic (exact) mass is 234 g/mol. The van der Waals surface area contributed by atoms with Gasteiger partial charge in [-0.1, -0.05) is 26.0 Å². The van der Waals surface area contributed by atoms with Gasteiger partial charge in [-0.15, -0.1) is 0 Å². The summed E-state index contributed by atoms with van der Waals surface area (Å²) in [7, 11) is 1.36. The molecule has 0 bridgehead atoms. The summed E-state index contributed by atoms with van der Waals surface area (Å²) in [6.45, 7) is 5.83. The van der Waals surface area contributed by atoms with Gasteiger partial charge in [0.1, 0.15) is 11.9 Å². The number of hydrogen-bond acceptors (Lipinski definition) is 3. The second-order valence-electron chi connectivity index (χ2n) is 3.70. The maximum absolute atomic E-state index is 11.2. The Kier molecular flexibility index (Phi) is 5.27. The Bertz CT molecular complexity index is 368. The van der Waals surface area contributed by atoms with E-state index in [1.165, 1.54) is 7.11 Å². The quantitative estimate of drug-likeness (QED) is 0.560.